The summed E-state index contributed by atoms with van der Waals surface area (Å²) in [5, 5.41) is 6.81. The van der Waals surface area contributed by atoms with Crippen LogP contribution in [-0.4, -0.2) is 21.6 Å². The molecule has 2 rings (SSSR count). The van der Waals surface area contributed by atoms with E-state index in [1.807, 2.05) is 0 Å². The van der Waals surface area contributed by atoms with Gasteiger partial charge in [-0.25, -0.2) is 0 Å². The average Bonchev–Trinajstić information content (AvgIpc) is 2.43. The lowest BCUT2D eigenvalue weighted by molar-refractivity contribution is -0.122. The normalized spacial score (nSPS) is 18.7. The highest BCUT2D eigenvalue weighted by atomic mass is 127. The highest BCUT2D eigenvalue weighted by Crippen LogP contribution is 2.31. The summed E-state index contributed by atoms with van der Waals surface area (Å²) in [5.41, 5.74) is -0.300. The van der Waals surface area contributed by atoms with Crippen molar-refractivity contribution in [1.29, 1.82) is 0 Å². The fourth-order valence-corrected chi connectivity index (χ4v) is 1.86. The van der Waals surface area contributed by atoms with E-state index in [4.69, 9.17) is 0 Å². The van der Waals surface area contributed by atoms with Crippen molar-refractivity contribution in [1.82, 2.24) is 9.78 Å². The maximum Gasteiger partial charge on any atom is 0.263 e. The molecular weight excluding hydrogens is 309 g/mol. The number of rotatable bonds is 0. The summed E-state index contributed by atoms with van der Waals surface area (Å²) in [4.78, 5) is 23.6. The number of aromatic nitrogens is 2. The van der Waals surface area contributed by atoms with Gasteiger partial charge in [0.05, 0.1) is 9.26 Å². The molecule has 0 spiro atoms. The number of amides is 1. The Labute approximate surface area is 100 Å². The van der Waals surface area contributed by atoms with Gasteiger partial charge in [-0.15, -0.1) is 0 Å². The molecule has 0 atom stereocenters. The summed E-state index contributed by atoms with van der Waals surface area (Å²) in [5.74, 6) is -0.0764. The molecule has 0 fully saturated rings. The van der Waals surface area contributed by atoms with E-state index in [-0.39, 0.29) is 11.8 Å². The lowest BCUT2D eigenvalue weighted by Gasteiger charge is -2.27. The van der Waals surface area contributed by atoms with Crippen LogP contribution >= 0.6 is 22.6 Å². The summed E-state index contributed by atoms with van der Waals surface area (Å²) >= 11 is 2.06. The largest absolute Gasteiger partial charge is 0.309 e. The summed E-state index contributed by atoms with van der Waals surface area (Å²) < 4.78 is 2.09. The van der Waals surface area contributed by atoms with Crippen LogP contribution in [0.2, 0.25) is 0 Å². The van der Waals surface area contributed by atoms with Crippen molar-refractivity contribution in [2.75, 3.05) is 5.32 Å². The molecule has 0 saturated heterocycles. The van der Waals surface area contributed by atoms with Crippen LogP contribution in [0.25, 0.3) is 0 Å². The van der Waals surface area contributed by atoms with E-state index in [1.165, 1.54) is 4.68 Å². The number of carbonyl (C=O) groups excluding carboxylic acids is 2. The number of fused-ring (bicyclic) bond motifs is 1. The third-order valence-electron chi connectivity index (χ3n) is 2.51. The predicted octanol–water partition coefficient (Wildman–Crippen LogP) is 1.41. The van der Waals surface area contributed by atoms with Gasteiger partial charge in [0.1, 0.15) is 5.41 Å². The van der Waals surface area contributed by atoms with E-state index >= 15 is 0 Å². The molecular formula is C9H10IN3O2. The second-order valence-corrected chi connectivity index (χ2v) is 5.12. The molecule has 0 bridgehead atoms. The maximum atomic E-state index is 12.0. The van der Waals surface area contributed by atoms with Gasteiger partial charge < -0.3 is 5.32 Å². The van der Waals surface area contributed by atoms with Crippen LogP contribution < -0.4 is 5.32 Å². The molecule has 1 aliphatic heterocycles. The van der Waals surface area contributed by atoms with Crippen LogP contribution in [0.5, 0.6) is 0 Å². The zero-order valence-corrected chi connectivity index (χ0v) is 10.7. The first kappa shape index (κ1) is 10.6. The first-order valence-corrected chi connectivity index (χ1v) is 5.55. The Morgan fingerprint density at radius 2 is 2.00 bits per heavy atom. The third kappa shape index (κ3) is 1.30. The van der Waals surface area contributed by atoms with Gasteiger partial charge in [-0.2, -0.15) is 9.78 Å². The smallest absolute Gasteiger partial charge is 0.263 e. The van der Waals surface area contributed by atoms with E-state index in [2.05, 4.69) is 33.0 Å². The van der Waals surface area contributed by atoms with Gasteiger partial charge in [-0.3, -0.25) is 9.59 Å². The van der Waals surface area contributed by atoms with E-state index in [0.29, 0.717) is 5.82 Å². The molecule has 2 heterocycles. The number of halogens is 1. The minimum absolute atomic E-state index is 0.280. The van der Waals surface area contributed by atoms with Crippen molar-refractivity contribution in [3.63, 3.8) is 0 Å². The van der Waals surface area contributed by atoms with Crippen LogP contribution in [0.4, 0.5) is 5.82 Å². The van der Waals surface area contributed by atoms with Crippen molar-refractivity contribution < 1.29 is 9.59 Å². The fraction of sp³-hybridized carbons (Fsp3) is 0.444. The highest BCUT2D eigenvalue weighted by molar-refractivity contribution is 14.1. The van der Waals surface area contributed by atoms with Crippen LogP contribution in [-0.2, 0) is 4.79 Å². The molecule has 1 N–H and O–H groups in total. The molecule has 1 aromatic heterocycles. The van der Waals surface area contributed by atoms with Crippen molar-refractivity contribution >= 4 is 40.2 Å². The van der Waals surface area contributed by atoms with Crippen molar-refractivity contribution in [2.24, 2.45) is 5.41 Å². The van der Waals surface area contributed by atoms with Crippen LogP contribution in [0.1, 0.15) is 24.3 Å². The van der Waals surface area contributed by atoms with Crippen molar-refractivity contribution in [2.45, 2.75) is 20.8 Å². The summed E-state index contributed by atoms with van der Waals surface area (Å²) in [7, 11) is 0. The summed E-state index contributed by atoms with van der Waals surface area (Å²) in [6, 6.07) is 0. The Morgan fingerprint density at radius 3 is 2.60 bits per heavy atom. The maximum absolute atomic E-state index is 12.0. The van der Waals surface area contributed by atoms with Gasteiger partial charge in [0.15, 0.2) is 5.82 Å². The molecule has 15 heavy (non-hydrogen) atoms. The molecule has 0 aromatic carbocycles. The molecule has 1 aliphatic rings. The molecule has 80 valence electrons. The molecule has 0 unspecified atom stereocenters. The first-order valence-electron chi connectivity index (χ1n) is 4.47. The Bertz CT molecular complexity index is 476. The van der Waals surface area contributed by atoms with Crippen LogP contribution in [0.15, 0.2) is 0 Å². The van der Waals surface area contributed by atoms with E-state index < -0.39 is 5.41 Å². The number of nitrogens with zero attached hydrogens (tertiary/aromatic N) is 2. The molecule has 1 aromatic rings. The zero-order chi connectivity index (χ0) is 11.4. The standard InChI is InChI=1S/C9H10IN3O2/c1-4-5(10)6-11-7(14)9(2,3)8(15)13(6)12-4/h1-3H3,(H,11,14). The second kappa shape index (κ2) is 3.03. The van der Waals surface area contributed by atoms with Crippen LogP contribution in [0, 0.1) is 15.9 Å². The minimum Gasteiger partial charge on any atom is -0.309 e. The molecule has 1 amide bonds. The second-order valence-electron chi connectivity index (χ2n) is 4.04. The number of hydrogen-bond acceptors (Lipinski definition) is 3. The molecule has 5 nitrogen and oxygen atoms in total. The van der Waals surface area contributed by atoms with Gasteiger partial charge >= 0.3 is 0 Å². The van der Waals surface area contributed by atoms with Crippen molar-refractivity contribution in [3.8, 4) is 0 Å². The van der Waals surface area contributed by atoms with Gasteiger partial charge in [0.25, 0.3) is 5.91 Å². The number of carbonyl (C=O) groups is 2. The van der Waals surface area contributed by atoms with Gasteiger partial charge in [0.2, 0.25) is 5.91 Å². The molecule has 6 heteroatoms. The van der Waals surface area contributed by atoms with E-state index in [1.54, 1.807) is 20.8 Å². The van der Waals surface area contributed by atoms with E-state index in [0.717, 1.165) is 9.26 Å². The first-order chi connectivity index (χ1) is 6.85. The topological polar surface area (TPSA) is 64.0 Å². The zero-order valence-electron chi connectivity index (χ0n) is 8.59. The van der Waals surface area contributed by atoms with Gasteiger partial charge in [-0.05, 0) is 43.4 Å². The fourth-order valence-electron chi connectivity index (χ4n) is 1.39. The van der Waals surface area contributed by atoms with Crippen LogP contribution in [0.3, 0.4) is 0 Å². The Balaban J connectivity index is 2.66. The third-order valence-corrected chi connectivity index (χ3v) is 3.81. The monoisotopic (exact) mass is 319 g/mol. The average molecular weight is 319 g/mol. The SMILES string of the molecule is Cc1nn2c(c1I)NC(=O)C(C)(C)C2=O. The molecule has 0 radical (unpaired) electrons. The summed E-state index contributed by atoms with van der Waals surface area (Å²) in [6.07, 6.45) is 0. The lowest BCUT2D eigenvalue weighted by Crippen LogP contribution is -2.46. The van der Waals surface area contributed by atoms with E-state index in [9.17, 15) is 9.59 Å². The predicted molar refractivity (Wildman–Crippen MR) is 62.7 cm³/mol. The molecule has 0 aliphatic carbocycles. The van der Waals surface area contributed by atoms with Gasteiger partial charge in [0, 0.05) is 0 Å². The number of nitrogens with one attached hydrogen (secondary N) is 1. The quantitative estimate of drug-likeness (QED) is 0.581. The lowest BCUT2D eigenvalue weighted by atomic mass is 9.90. The number of hydrogen-bond donors (Lipinski definition) is 1. The number of aryl methyl sites for hydroxylation is 1. The number of anilines is 1. The Kier molecular flexibility index (Phi) is 2.14. The highest BCUT2D eigenvalue weighted by Gasteiger charge is 2.43. The Hall–Kier alpha value is -0.920. The van der Waals surface area contributed by atoms with Gasteiger partial charge in [-0.1, -0.05) is 0 Å². The Morgan fingerprint density at radius 1 is 1.40 bits per heavy atom. The minimum atomic E-state index is -1.05. The van der Waals surface area contributed by atoms with Crippen molar-refractivity contribution in [3.05, 3.63) is 9.26 Å². The summed E-state index contributed by atoms with van der Waals surface area (Å²) in [6.45, 7) is 4.99. The molecule has 0 saturated carbocycles.